The van der Waals surface area contributed by atoms with Gasteiger partial charge in [0.05, 0.1) is 17.9 Å². The number of likely N-dealkylation sites (tertiary alicyclic amines) is 1. The average molecular weight is 287 g/mol. The van der Waals surface area contributed by atoms with Crippen LogP contribution in [0.3, 0.4) is 0 Å². The van der Waals surface area contributed by atoms with Gasteiger partial charge in [-0.05, 0) is 31.2 Å². The van der Waals surface area contributed by atoms with Crippen LogP contribution in [0.1, 0.15) is 35.3 Å². The molecule has 4 nitrogen and oxygen atoms in total. The zero-order valence-electron chi connectivity index (χ0n) is 11.2. The molecule has 20 heavy (non-hydrogen) atoms. The van der Waals surface area contributed by atoms with Gasteiger partial charge in [0.25, 0.3) is 5.91 Å². The monoisotopic (exact) mass is 287 g/mol. The quantitative estimate of drug-likeness (QED) is 0.868. The van der Waals surface area contributed by atoms with Crippen LogP contribution in [0.2, 0.25) is 0 Å². The third kappa shape index (κ3) is 2.88. The van der Waals surface area contributed by atoms with Gasteiger partial charge in [-0.2, -0.15) is 8.75 Å². The minimum atomic E-state index is 0.0364. The van der Waals surface area contributed by atoms with E-state index in [1.54, 1.807) is 6.20 Å². The van der Waals surface area contributed by atoms with Gasteiger partial charge < -0.3 is 4.90 Å². The zero-order valence-corrected chi connectivity index (χ0v) is 12.1. The summed E-state index contributed by atoms with van der Waals surface area (Å²) in [5, 5.41) is 0. The number of aromatic nitrogens is 2. The minimum absolute atomic E-state index is 0.0364. The van der Waals surface area contributed by atoms with Crippen molar-refractivity contribution in [2.45, 2.75) is 31.7 Å². The van der Waals surface area contributed by atoms with E-state index in [1.807, 2.05) is 11.0 Å². The van der Waals surface area contributed by atoms with Gasteiger partial charge in [0, 0.05) is 12.6 Å². The number of rotatable bonds is 4. The Balaban J connectivity index is 1.63. The fourth-order valence-corrected chi connectivity index (χ4v) is 3.19. The lowest BCUT2D eigenvalue weighted by Gasteiger charge is -2.23. The summed E-state index contributed by atoms with van der Waals surface area (Å²) in [6, 6.07) is 10.8. The fraction of sp³-hybridized carbons (Fsp3) is 0.400. The molecular weight excluding hydrogens is 270 g/mol. The maximum absolute atomic E-state index is 12.4. The Morgan fingerprint density at radius 2 is 2.20 bits per heavy atom. The van der Waals surface area contributed by atoms with E-state index in [-0.39, 0.29) is 5.91 Å². The van der Waals surface area contributed by atoms with Crippen LogP contribution in [0, 0.1) is 0 Å². The van der Waals surface area contributed by atoms with Crippen LogP contribution in [0.4, 0.5) is 0 Å². The van der Waals surface area contributed by atoms with Gasteiger partial charge in [-0.15, -0.1) is 0 Å². The lowest BCUT2D eigenvalue weighted by atomic mass is 10.0. The Bertz CT molecular complexity index is 556. The number of carbonyl (C=O) groups is 1. The zero-order chi connectivity index (χ0) is 13.8. The first kappa shape index (κ1) is 13.2. The summed E-state index contributed by atoms with van der Waals surface area (Å²) in [5.41, 5.74) is 1.82. The predicted molar refractivity (Wildman–Crippen MR) is 78.7 cm³/mol. The first-order valence-corrected chi connectivity index (χ1v) is 7.70. The molecule has 0 saturated carbocycles. The molecule has 1 aliphatic rings. The van der Waals surface area contributed by atoms with E-state index in [4.69, 9.17) is 0 Å². The first-order chi connectivity index (χ1) is 9.84. The molecule has 0 spiro atoms. The summed E-state index contributed by atoms with van der Waals surface area (Å²) < 4.78 is 7.97. The van der Waals surface area contributed by atoms with Crippen molar-refractivity contribution in [3.63, 3.8) is 0 Å². The fourth-order valence-electron chi connectivity index (χ4n) is 2.79. The largest absolute Gasteiger partial charge is 0.334 e. The molecule has 0 radical (unpaired) electrons. The third-order valence-corrected chi connectivity index (χ3v) is 4.31. The topological polar surface area (TPSA) is 46.1 Å². The van der Waals surface area contributed by atoms with Gasteiger partial charge in [-0.1, -0.05) is 30.3 Å². The molecule has 0 aliphatic carbocycles. The van der Waals surface area contributed by atoms with Crippen LogP contribution in [0.25, 0.3) is 0 Å². The maximum atomic E-state index is 12.4. The highest BCUT2D eigenvalue weighted by molar-refractivity contribution is 6.99. The first-order valence-electron chi connectivity index (χ1n) is 6.97. The average Bonchev–Trinajstić information content (AvgIpc) is 3.17. The predicted octanol–water partition coefficient (Wildman–Crippen LogP) is 2.78. The molecule has 0 bridgehead atoms. The number of hydrogen-bond acceptors (Lipinski definition) is 4. The van der Waals surface area contributed by atoms with Gasteiger partial charge >= 0.3 is 0 Å². The molecule has 1 aromatic heterocycles. The van der Waals surface area contributed by atoms with Crippen molar-refractivity contribution >= 4 is 17.6 Å². The maximum Gasteiger partial charge on any atom is 0.275 e. The standard InChI is InChI=1S/C15H17N3OS/c19-15(14-11-16-20-17-14)18-10-4-7-13(18)9-8-12-5-2-1-3-6-12/h1-3,5-6,11,13H,4,7-10H2. The van der Waals surface area contributed by atoms with Crippen molar-refractivity contribution in [3.8, 4) is 0 Å². The van der Waals surface area contributed by atoms with Crippen LogP contribution in [0.15, 0.2) is 36.5 Å². The van der Waals surface area contributed by atoms with Crippen molar-refractivity contribution in [2.24, 2.45) is 0 Å². The van der Waals surface area contributed by atoms with E-state index in [0.29, 0.717) is 11.7 Å². The molecular formula is C15H17N3OS. The normalized spacial score (nSPS) is 18.4. The summed E-state index contributed by atoms with van der Waals surface area (Å²) in [6.45, 7) is 0.843. The Morgan fingerprint density at radius 3 is 2.95 bits per heavy atom. The lowest BCUT2D eigenvalue weighted by molar-refractivity contribution is 0.0726. The molecule has 1 fully saturated rings. The van der Waals surface area contributed by atoms with E-state index < -0.39 is 0 Å². The van der Waals surface area contributed by atoms with Crippen molar-refractivity contribution in [3.05, 3.63) is 47.8 Å². The summed E-state index contributed by atoms with van der Waals surface area (Å²) in [4.78, 5) is 14.3. The molecule has 2 aromatic rings. The highest BCUT2D eigenvalue weighted by Crippen LogP contribution is 2.23. The Morgan fingerprint density at radius 1 is 1.35 bits per heavy atom. The van der Waals surface area contributed by atoms with Crippen LogP contribution in [0.5, 0.6) is 0 Å². The molecule has 1 unspecified atom stereocenters. The Hall–Kier alpha value is -1.75. The summed E-state index contributed by atoms with van der Waals surface area (Å²) in [5.74, 6) is 0.0364. The molecule has 5 heteroatoms. The van der Waals surface area contributed by atoms with E-state index in [1.165, 1.54) is 5.56 Å². The highest BCUT2D eigenvalue weighted by atomic mass is 32.1. The molecule has 1 aliphatic heterocycles. The second-order valence-corrected chi connectivity index (χ2v) is 5.67. The number of amides is 1. The second kappa shape index (κ2) is 6.13. The van der Waals surface area contributed by atoms with E-state index in [0.717, 1.165) is 44.0 Å². The van der Waals surface area contributed by atoms with Crippen LogP contribution >= 0.6 is 11.7 Å². The van der Waals surface area contributed by atoms with E-state index in [9.17, 15) is 4.79 Å². The van der Waals surface area contributed by atoms with Crippen molar-refractivity contribution in [1.82, 2.24) is 13.6 Å². The van der Waals surface area contributed by atoms with Gasteiger partial charge in [-0.25, -0.2) is 0 Å². The van der Waals surface area contributed by atoms with Crippen LogP contribution < -0.4 is 0 Å². The van der Waals surface area contributed by atoms with Crippen molar-refractivity contribution < 1.29 is 4.79 Å². The van der Waals surface area contributed by atoms with Crippen molar-refractivity contribution in [1.29, 1.82) is 0 Å². The summed E-state index contributed by atoms with van der Waals surface area (Å²) in [7, 11) is 0. The molecule has 1 aromatic carbocycles. The molecule has 104 valence electrons. The van der Waals surface area contributed by atoms with Gasteiger partial charge in [0.2, 0.25) is 0 Å². The molecule has 2 heterocycles. The number of nitrogens with zero attached hydrogens (tertiary/aromatic N) is 3. The molecule has 0 N–H and O–H groups in total. The van der Waals surface area contributed by atoms with Gasteiger partial charge in [-0.3, -0.25) is 4.79 Å². The number of hydrogen-bond donors (Lipinski definition) is 0. The number of benzene rings is 1. The van der Waals surface area contributed by atoms with Crippen LogP contribution in [-0.2, 0) is 6.42 Å². The minimum Gasteiger partial charge on any atom is -0.334 e. The Labute approximate surface area is 122 Å². The lowest BCUT2D eigenvalue weighted by Crippen LogP contribution is -2.36. The third-order valence-electron chi connectivity index (χ3n) is 3.83. The smallest absolute Gasteiger partial charge is 0.275 e. The molecule has 3 rings (SSSR count). The molecule has 1 amide bonds. The molecule has 1 saturated heterocycles. The van der Waals surface area contributed by atoms with E-state index >= 15 is 0 Å². The Kier molecular flexibility index (Phi) is 4.06. The number of carbonyl (C=O) groups excluding carboxylic acids is 1. The van der Waals surface area contributed by atoms with Crippen molar-refractivity contribution in [2.75, 3.05) is 6.54 Å². The number of aryl methyl sites for hydroxylation is 1. The summed E-state index contributed by atoms with van der Waals surface area (Å²) in [6.07, 6.45) is 5.79. The van der Waals surface area contributed by atoms with E-state index in [2.05, 4.69) is 33.0 Å². The molecule has 1 atom stereocenters. The SMILES string of the molecule is O=C(c1cnsn1)N1CCCC1CCc1ccccc1. The van der Waals surface area contributed by atoms with Gasteiger partial charge in [0.1, 0.15) is 0 Å². The second-order valence-electron chi connectivity index (χ2n) is 5.11. The highest BCUT2D eigenvalue weighted by Gasteiger charge is 2.30. The van der Waals surface area contributed by atoms with Crippen LogP contribution in [-0.4, -0.2) is 32.1 Å². The summed E-state index contributed by atoms with van der Waals surface area (Å²) >= 11 is 1.09. The van der Waals surface area contributed by atoms with Gasteiger partial charge in [0.15, 0.2) is 5.69 Å².